The molecule has 1 aromatic carbocycles. The summed E-state index contributed by atoms with van der Waals surface area (Å²) in [5.41, 5.74) is 0.0398. The summed E-state index contributed by atoms with van der Waals surface area (Å²) < 4.78 is 26.3. The van der Waals surface area contributed by atoms with Crippen LogP contribution in [0.1, 0.15) is 25.3 Å². The second kappa shape index (κ2) is 7.12. The Bertz CT molecular complexity index is 328. The van der Waals surface area contributed by atoms with Crippen molar-refractivity contribution >= 4 is 6.08 Å². The van der Waals surface area contributed by atoms with E-state index in [2.05, 4.69) is 12.2 Å². The summed E-state index contributed by atoms with van der Waals surface area (Å²) >= 11 is 0. The average Bonchev–Trinajstić information content (AvgIpc) is 2.26. The van der Waals surface area contributed by atoms with Gasteiger partial charge in [0.25, 0.3) is 0 Å². The molecule has 0 heterocycles. The first-order chi connectivity index (χ1) is 7.75. The zero-order chi connectivity index (χ0) is 11.8. The van der Waals surface area contributed by atoms with Crippen molar-refractivity contribution in [2.75, 3.05) is 13.1 Å². The van der Waals surface area contributed by atoms with E-state index in [0.29, 0.717) is 0 Å². The maximum absolute atomic E-state index is 13.2. The van der Waals surface area contributed by atoms with Gasteiger partial charge >= 0.3 is 0 Å². The zero-order valence-corrected chi connectivity index (χ0v) is 9.47. The summed E-state index contributed by atoms with van der Waals surface area (Å²) in [6.07, 6.45) is 5.14. The molecule has 0 atom stereocenters. The third kappa shape index (κ3) is 4.11. The lowest BCUT2D eigenvalue weighted by atomic mass is 10.1. The van der Waals surface area contributed by atoms with Gasteiger partial charge in [-0.05, 0) is 38.1 Å². The Labute approximate surface area is 95.2 Å². The van der Waals surface area contributed by atoms with Gasteiger partial charge in [0, 0.05) is 5.56 Å². The fraction of sp³-hybridized carbons (Fsp3) is 0.385. The standard InChI is InChI=1S/C13H17F2N/c1-2-9-16-10-4-3-6-11-12(14)7-5-8-13(11)15/h3,5-8,16H,2,4,9-10H2,1H3. The predicted octanol–water partition coefficient (Wildman–Crippen LogP) is 3.37. The zero-order valence-electron chi connectivity index (χ0n) is 9.47. The van der Waals surface area contributed by atoms with Crippen molar-refractivity contribution in [1.82, 2.24) is 5.32 Å². The lowest BCUT2D eigenvalue weighted by Crippen LogP contribution is -2.14. The van der Waals surface area contributed by atoms with Crippen molar-refractivity contribution in [3.05, 3.63) is 41.5 Å². The average molecular weight is 225 g/mol. The van der Waals surface area contributed by atoms with Crippen LogP contribution in [0.25, 0.3) is 6.08 Å². The number of nitrogens with one attached hydrogen (secondary N) is 1. The van der Waals surface area contributed by atoms with E-state index < -0.39 is 11.6 Å². The second-order valence-electron chi connectivity index (χ2n) is 3.58. The van der Waals surface area contributed by atoms with Crippen LogP contribution in [0.5, 0.6) is 0 Å². The quantitative estimate of drug-likeness (QED) is 0.732. The number of halogens is 2. The van der Waals surface area contributed by atoms with Crippen LogP contribution in [0.15, 0.2) is 24.3 Å². The molecule has 3 heteroatoms. The van der Waals surface area contributed by atoms with Crippen molar-refractivity contribution in [3.8, 4) is 0 Å². The maximum Gasteiger partial charge on any atom is 0.133 e. The van der Waals surface area contributed by atoms with Gasteiger partial charge in [-0.1, -0.05) is 25.1 Å². The van der Waals surface area contributed by atoms with E-state index in [4.69, 9.17) is 0 Å². The van der Waals surface area contributed by atoms with E-state index in [9.17, 15) is 8.78 Å². The molecule has 0 radical (unpaired) electrons. The highest BCUT2D eigenvalue weighted by atomic mass is 19.1. The van der Waals surface area contributed by atoms with E-state index in [1.165, 1.54) is 24.3 Å². The van der Waals surface area contributed by atoms with Gasteiger partial charge in [-0.2, -0.15) is 0 Å². The first-order valence-electron chi connectivity index (χ1n) is 5.57. The van der Waals surface area contributed by atoms with E-state index in [-0.39, 0.29) is 5.56 Å². The molecule has 1 N–H and O–H groups in total. The van der Waals surface area contributed by atoms with E-state index in [0.717, 1.165) is 25.9 Å². The monoisotopic (exact) mass is 225 g/mol. The molecule has 0 fully saturated rings. The molecule has 0 spiro atoms. The van der Waals surface area contributed by atoms with Crippen molar-refractivity contribution in [1.29, 1.82) is 0 Å². The van der Waals surface area contributed by atoms with Gasteiger partial charge in [0.2, 0.25) is 0 Å². The van der Waals surface area contributed by atoms with Crippen LogP contribution in [0.3, 0.4) is 0 Å². The molecule has 0 unspecified atom stereocenters. The van der Waals surface area contributed by atoms with Gasteiger partial charge in [0.1, 0.15) is 11.6 Å². The van der Waals surface area contributed by atoms with Gasteiger partial charge in [0.15, 0.2) is 0 Å². The Morgan fingerprint density at radius 1 is 1.19 bits per heavy atom. The normalized spacial score (nSPS) is 11.2. The predicted molar refractivity (Wildman–Crippen MR) is 63.2 cm³/mol. The highest BCUT2D eigenvalue weighted by molar-refractivity contribution is 5.50. The first kappa shape index (κ1) is 12.8. The third-order valence-electron chi connectivity index (χ3n) is 2.20. The van der Waals surface area contributed by atoms with E-state index in [1.807, 2.05) is 0 Å². The summed E-state index contributed by atoms with van der Waals surface area (Å²) in [7, 11) is 0. The second-order valence-corrected chi connectivity index (χ2v) is 3.58. The molecule has 1 nitrogen and oxygen atoms in total. The minimum Gasteiger partial charge on any atom is -0.316 e. The van der Waals surface area contributed by atoms with Gasteiger partial charge in [0.05, 0.1) is 0 Å². The molecule has 0 bridgehead atoms. The SMILES string of the molecule is CCCNCCC=Cc1c(F)cccc1F. The summed E-state index contributed by atoms with van der Waals surface area (Å²) in [5.74, 6) is -1.03. The summed E-state index contributed by atoms with van der Waals surface area (Å²) in [6, 6.07) is 3.89. The molecular weight excluding hydrogens is 208 g/mol. The van der Waals surface area contributed by atoms with Gasteiger partial charge in [-0.3, -0.25) is 0 Å². The highest BCUT2D eigenvalue weighted by Crippen LogP contribution is 2.13. The Morgan fingerprint density at radius 3 is 2.50 bits per heavy atom. The van der Waals surface area contributed by atoms with Crippen LogP contribution in [0.2, 0.25) is 0 Å². The topological polar surface area (TPSA) is 12.0 Å². The number of rotatable bonds is 6. The molecular formula is C13H17F2N. The molecule has 1 rings (SSSR count). The molecule has 0 saturated heterocycles. The van der Waals surface area contributed by atoms with E-state index in [1.54, 1.807) is 6.08 Å². The lowest BCUT2D eigenvalue weighted by molar-refractivity contribution is 0.578. The van der Waals surface area contributed by atoms with Crippen LogP contribution in [-0.4, -0.2) is 13.1 Å². The summed E-state index contributed by atoms with van der Waals surface area (Å²) in [6.45, 7) is 3.90. The molecule has 0 aliphatic rings. The largest absolute Gasteiger partial charge is 0.316 e. The summed E-state index contributed by atoms with van der Waals surface area (Å²) in [5, 5.41) is 3.21. The summed E-state index contributed by atoms with van der Waals surface area (Å²) in [4.78, 5) is 0. The fourth-order valence-electron chi connectivity index (χ4n) is 1.36. The van der Waals surface area contributed by atoms with Gasteiger partial charge in [-0.25, -0.2) is 8.78 Å². The minimum absolute atomic E-state index is 0.0398. The number of hydrogen-bond acceptors (Lipinski definition) is 1. The molecule has 1 aromatic rings. The Balaban J connectivity index is 2.44. The van der Waals surface area contributed by atoms with Crippen LogP contribution in [0.4, 0.5) is 8.78 Å². The van der Waals surface area contributed by atoms with Crippen molar-refractivity contribution in [3.63, 3.8) is 0 Å². The Morgan fingerprint density at radius 2 is 1.88 bits per heavy atom. The smallest absolute Gasteiger partial charge is 0.133 e. The lowest BCUT2D eigenvalue weighted by Gasteiger charge is -2.00. The van der Waals surface area contributed by atoms with Crippen molar-refractivity contribution in [2.45, 2.75) is 19.8 Å². The van der Waals surface area contributed by atoms with Gasteiger partial charge in [-0.15, -0.1) is 0 Å². The number of benzene rings is 1. The van der Waals surface area contributed by atoms with Crippen molar-refractivity contribution in [2.24, 2.45) is 0 Å². The highest BCUT2D eigenvalue weighted by Gasteiger charge is 2.03. The molecule has 16 heavy (non-hydrogen) atoms. The molecule has 0 aromatic heterocycles. The molecule has 0 amide bonds. The van der Waals surface area contributed by atoms with E-state index >= 15 is 0 Å². The minimum atomic E-state index is -0.516. The molecule has 88 valence electrons. The molecule has 0 saturated carbocycles. The maximum atomic E-state index is 13.2. The van der Waals surface area contributed by atoms with Crippen molar-refractivity contribution < 1.29 is 8.78 Å². The first-order valence-corrected chi connectivity index (χ1v) is 5.57. The van der Waals surface area contributed by atoms with Crippen LogP contribution >= 0.6 is 0 Å². The fourth-order valence-corrected chi connectivity index (χ4v) is 1.36. The molecule has 0 aliphatic carbocycles. The van der Waals surface area contributed by atoms with Gasteiger partial charge < -0.3 is 5.32 Å². The Hall–Kier alpha value is -1.22. The number of hydrogen-bond donors (Lipinski definition) is 1. The van der Waals surface area contributed by atoms with Crippen LogP contribution < -0.4 is 5.32 Å². The van der Waals surface area contributed by atoms with Crippen LogP contribution in [0, 0.1) is 11.6 Å². The molecule has 0 aliphatic heterocycles. The third-order valence-corrected chi connectivity index (χ3v) is 2.20. The van der Waals surface area contributed by atoms with Crippen LogP contribution in [-0.2, 0) is 0 Å². The Kier molecular flexibility index (Phi) is 5.72.